The summed E-state index contributed by atoms with van der Waals surface area (Å²) in [6, 6.07) is 11.7. The second-order valence-corrected chi connectivity index (χ2v) is 7.86. The molecule has 0 spiro atoms. The van der Waals surface area contributed by atoms with Gasteiger partial charge in [-0.15, -0.1) is 0 Å². The summed E-state index contributed by atoms with van der Waals surface area (Å²) >= 11 is 1.39. The number of likely N-dealkylation sites (N-methyl/N-ethyl adjacent to an activating group) is 1. The molecule has 156 valence electrons. The van der Waals surface area contributed by atoms with Crippen LogP contribution in [-0.4, -0.2) is 36.2 Å². The van der Waals surface area contributed by atoms with Gasteiger partial charge in [0, 0.05) is 6.54 Å². The molecule has 1 fully saturated rings. The molecule has 3 rings (SSSR count). The molecule has 0 radical (unpaired) electrons. The van der Waals surface area contributed by atoms with Crippen molar-refractivity contribution in [3.8, 4) is 11.5 Å². The Bertz CT molecular complexity index is 1030. The minimum Gasteiger partial charge on any atom is -0.493 e. The first-order chi connectivity index (χ1) is 14.5. The quantitative estimate of drug-likeness (QED) is 0.437. The smallest absolute Gasteiger partial charge is 0.266 e. The molecule has 2 aromatic carbocycles. The molecule has 30 heavy (non-hydrogen) atoms. The Balaban J connectivity index is 1.92. The lowest BCUT2D eigenvalue weighted by atomic mass is 10.1. The van der Waals surface area contributed by atoms with Crippen LogP contribution in [0.15, 0.2) is 59.0 Å². The van der Waals surface area contributed by atoms with E-state index < -0.39 is 0 Å². The lowest BCUT2D eigenvalue weighted by Gasteiger charge is -2.13. The first kappa shape index (κ1) is 21.7. The highest BCUT2D eigenvalue weighted by molar-refractivity contribution is 8.18. The van der Waals surface area contributed by atoms with Gasteiger partial charge in [-0.3, -0.25) is 9.69 Å². The Morgan fingerprint density at radius 1 is 1.17 bits per heavy atom. The largest absolute Gasteiger partial charge is 0.493 e. The molecule has 0 aromatic heterocycles. The summed E-state index contributed by atoms with van der Waals surface area (Å²) in [5, 5.41) is 0.695. The van der Waals surface area contributed by atoms with Crippen LogP contribution >= 0.6 is 11.8 Å². The van der Waals surface area contributed by atoms with E-state index in [1.807, 2.05) is 57.2 Å². The maximum atomic E-state index is 12.9. The van der Waals surface area contributed by atoms with Crippen LogP contribution in [-0.2, 0) is 4.79 Å². The number of aliphatic imine (C=N–C) groups is 1. The van der Waals surface area contributed by atoms with Crippen LogP contribution in [0.3, 0.4) is 0 Å². The Morgan fingerprint density at radius 3 is 2.67 bits per heavy atom. The maximum Gasteiger partial charge on any atom is 0.266 e. The fraction of sp³-hybridized carbons (Fsp3) is 0.250. The van der Waals surface area contributed by atoms with Gasteiger partial charge in [-0.2, -0.15) is 0 Å². The van der Waals surface area contributed by atoms with E-state index in [4.69, 9.17) is 14.5 Å². The number of hydrogen-bond donors (Lipinski definition) is 0. The zero-order valence-electron chi connectivity index (χ0n) is 17.8. The average Bonchev–Trinajstić information content (AvgIpc) is 3.03. The minimum absolute atomic E-state index is 0.0440. The number of amides is 1. The van der Waals surface area contributed by atoms with Gasteiger partial charge in [-0.05, 0) is 73.5 Å². The molecule has 1 aliphatic rings. The van der Waals surface area contributed by atoms with E-state index in [-0.39, 0.29) is 5.91 Å². The lowest BCUT2D eigenvalue weighted by Crippen LogP contribution is -2.28. The van der Waals surface area contributed by atoms with Crippen LogP contribution in [0.2, 0.25) is 0 Å². The summed E-state index contributed by atoms with van der Waals surface area (Å²) in [7, 11) is 1.59. The van der Waals surface area contributed by atoms with Crippen molar-refractivity contribution in [1.82, 2.24) is 4.90 Å². The predicted molar refractivity (Wildman–Crippen MR) is 125 cm³/mol. The molecular formula is C24H26N2O3S. The summed E-state index contributed by atoms with van der Waals surface area (Å²) < 4.78 is 11.0. The summed E-state index contributed by atoms with van der Waals surface area (Å²) in [6.07, 6.45) is 3.54. The molecule has 0 saturated carbocycles. The molecule has 0 aliphatic carbocycles. The molecule has 5 nitrogen and oxygen atoms in total. The number of thioether (sulfide) groups is 1. The second kappa shape index (κ2) is 9.67. The Labute approximate surface area is 182 Å². The molecular weight excluding hydrogens is 396 g/mol. The van der Waals surface area contributed by atoms with Crippen LogP contribution in [0.4, 0.5) is 5.69 Å². The highest BCUT2D eigenvalue weighted by Gasteiger charge is 2.32. The van der Waals surface area contributed by atoms with Gasteiger partial charge in [0.1, 0.15) is 6.61 Å². The van der Waals surface area contributed by atoms with E-state index in [1.165, 1.54) is 11.8 Å². The minimum atomic E-state index is -0.0440. The molecule has 0 unspecified atom stereocenters. The van der Waals surface area contributed by atoms with E-state index in [0.29, 0.717) is 34.7 Å². The number of aryl methyl sites for hydroxylation is 2. The molecule has 6 heteroatoms. The van der Waals surface area contributed by atoms with Crippen LogP contribution in [0.25, 0.3) is 6.08 Å². The highest BCUT2D eigenvalue weighted by atomic mass is 32.2. The highest BCUT2D eigenvalue weighted by Crippen LogP contribution is 2.36. The number of methoxy groups -OCH3 is 1. The van der Waals surface area contributed by atoms with E-state index in [2.05, 4.69) is 12.6 Å². The zero-order valence-corrected chi connectivity index (χ0v) is 18.6. The van der Waals surface area contributed by atoms with Crippen LogP contribution in [0, 0.1) is 13.8 Å². The van der Waals surface area contributed by atoms with Gasteiger partial charge in [-0.1, -0.05) is 30.9 Å². The number of ether oxygens (including phenoxy) is 2. The second-order valence-electron chi connectivity index (χ2n) is 6.85. The van der Waals surface area contributed by atoms with Gasteiger partial charge in [0.05, 0.1) is 17.7 Å². The zero-order chi connectivity index (χ0) is 21.7. The molecule has 1 heterocycles. The molecule has 1 saturated heterocycles. The molecule has 0 N–H and O–H groups in total. The van der Waals surface area contributed by atoms with Crippen molar-refractivity contribution in [2.45, 2.75) is 20.8 Å². The van der Waals surface area contributed by atoms with E-state index >= 15 is 0 Å². The van der Waals surface area contributed by atoms with Crippen molar-refractivity contribution in [2.75, 3.05) is 20.3 Å². The third-order valence-electron chi connectivity index (χ3n) is 4.63. The molecule has 1 aliphatic heterocycles. The fourth-order valence-electron chi connectivity index (χ4n) is 3.01. The maximum absolute atomic E-state index is 12.9. The van der Waals surface area contributed by atoms with Crippen molar-refractivity contribution in [3.63, 3.8) is 0 Å². The predicted octanol–water partition coefficient (Wildman–Crippen LogP) is 5.50. The van der Waals surface area contributed by atoms with Gasteiger partial charge in [0.15, 0.2) is 16.7 Å². The summed E-state index contributed by atoms with van der Waals surface area (Å²) in [5.74, 6) is 1.20. The van der Waals surface area contributed by atoms with Crippen molar-refractivity contribution in [3.05, 3.63) is 70.6 Å². The van der Waals surface area contributed by atoms with Crippen LogP contribution in [0.5, 0.6) is 11.5 Å². The molecule has 1 amide bonds. The molecule has 2 aromatic rings. The van der Waals surface area contributed by atoms with Gasteiger partial charge >= 0.3 is 0 Å². The average molecular weight is 423 g/mol. The first-order valence-electron chi connectivity index (χ1n) is 9.76. The third kappa shape index (κ3) is 4.76. The number of carbonyl (C=O) groups is 1. The summed E-state index contributed by atoms with van der Waals surface area (Å²) in [4.78, 5) is 20.1. The summed E-state index contributed by atoms with van der Waals surface area (Å²) in [6.45, 7) is 10.6. The van der Waals surface area contributed by atoms with Crippen LogP contribution < -0.4 is 9.47 Å². The summed E-state index contributed by atoms with van der Waals surface area (Å²) in [5.41, 5.74) is 3.96. The number of amidine groups is 1. The van der Waals surface area contributed by atoms with E-state index in [0.717, 1.165) is 22.4 Å². The number of hydrogen-bond acceptors (Lipinski definition) is 5. The first-order valence-corrected chi connectivity index (χ1v) is 10.6. The Morgan fingerprint density at radius 2 is 1.97 bits per heavy atom. The van der Waals surface area contributed by atoms with Crippen molar-refractivity contribution in [1.29, 1.82) is 0 Å². The Kier molecular flexibility index (Phi) is 7.00. The van der Waals surface area contributed by atoms with E-state index in [9.17, 15) is 4.79 Å². The number of benzene rings is 2. The lowest BCUT2D eigenvalue weighted by molar-refractivity contribution is -0.122. The van der Waals surface area contributed by atoms with Crippen LogP contribution in [0.1, 0.15) is 23.6 Å². The fourth-order valence-corrected chi connectivity index (χ4v) is 4.06. The number of nitrogens with zero attached hydrogens (tertiary/aromatic N) is 2. The number of rotatable bonds is 7. The van der Waals surface area contributed by atoms with Gasteiger partial charge < -0.3 is 9.47 Å². The SMILES string of the molecule is C=CCOc1ccc(/C=C2/SC(=Nc3cc(C)ccc3C)N(CC)C2=O)cc1OC. The Hall–Kier alpha value is -2.99. The normalized spacial score (nSPS) is 16.4. The standard InChI is InChI=1S/C24H26N2O3S/c1-6-12-29-20-11-10-18(14-21(20)28-5)15-22-23(27)26(7-2)24(30-22)25-19-13-16(3)8-9-17(19)4/h6,8-11,13-15H,1,7,12H2,2-5H3/b22-15+,25-24?. The van der Waals surface area contributed by atoms with Gasteiger partial charge in [0.25, 0.3) is 5.91 Å². The molecule has 0 bridgehead atoms. The van der Waals surface area contributed by atoms with E-state index in [1.54, 1.807) is 18.1 Å². The van der Waals surface area contributed by atoms with Gasteiger partial charge in [0.2, 0.25) is 0 Å². The number of carbonyl (C=O) groups excluding carboxylic acids is 1. The third-order valence-corrected chi connectivity index (χ3v) is 5.63. The monoisotopic (exact) mass is 422 g/mol. The van der Waals surface area contributed by atoms with Crippen molar-refractivity contribution < 1.29 is 14.3 Å². The molecule has 0 atom stereocenters. The van der Waals surface area contributed by atoms with Crippen molar-refractivity contribution in [2.24, 2.45) is 4.99 Å². The topological polar surface area (TPSA) is 51.1 Å². The van der Waals surface area contributed by atoms with Gasteiger partial charge in [-0.25, -0.2) is 4.99 Å². The van der Waals surface area contributed by atoms with Crippen molar-refractivity contribution >= 4 is 34.6 Å².